The van der Waals surface area contributed by atoms with Crippen LogP contribution in [-0.2, 0) is 0 Å². The van der Waals surface area contributed by atoms with Crippen LogP contribution in [0.5, 0.6) is 0 Å². The number of rotatable bonds is 1. The maximum Gasteiger partial charge on any atom is 0.0490 e. The van der Waals surface area contributed by atoms with Crippen LogP contribution in [0.25, 0.3) is 10.9 Å². The van der Waals surface area contributed by atoms with Crippen LogP contribution in [0.3, 0.4) is 0 Å². The highest BCUT2D eigenvalue weighted by molar-refractivity contribution is 6.31. The molecule has 1 aromatic heterocycles. The second-order valence-electron chi connectivity index (χ2n) is 3.59. The Morgan fingerprint density at radius 2 is 2.08 bits per heavy atom. The molecule has 68 valence electrons. The first-order chi connectivity index (χ1) is 6.18. The van der Waals surface area contributed by atoms with Crippen LogP contribution in [0.2, 0.25) is 5.02 Å². The summed E-state index contributed by atoms with van der Waals surface area (Å²) in [6.45, 7) is 4.35. The first-order valence-electron chi connectivity index (χ1n) is 4.45. The lowest BCUT2D eigenvalue weighted by Crippen LogP contribution is -1.88. The Morgan fingerprint density at radius 1 is 1.31 bits per heavy atom. The predicted molar refractivity (Wildman–Crippen MR) is 57.4 cm³/mol. The molecule has 1 heterocycles. The largest absolute Gasteiger partial charge is 0.361 e. The number of aromatic nitrogens is 1. The van der Waals surface area contributed by atoms with Gasteiger partial charge in [-0.3, -0.25) is 0 Å². The van der Waals surface area contributed by atoms with Crippen molar-refractivity contribution in [1.29, 1.82) is 0 Å². The number of fused-ring (bicyclic) bond motifs is 1. The zero-order chi connectivity index (χ0) is 9.42. The van der Waals surface area contributed by atoms with Crippen molar-refractivity contribution >= 4 is 22.5 Å². The van der Waals surface area contributed by atoms with Gasteiger partial charge < -0.3 is 4.98 Å². The normalized spacial score (nSPS) is 11.4. The molecule has 0 aliphatic rings. The molecule has 1 aromatic carbocycles. The highest BCUT2D eigenvalue weighted by Gasteiger charge is 2.07. The van der Waals surface area contributed by atoms with Gasteiger partial charge in [0.2, 0.25) is 0 Å². The molecule has 0 amide bonds. The van der Waals surface area contributed by atoms with Crippen LogP contribution in [0.1, 0.15) is 25.3 Å². The Hall–Kier alpha value is -0.950. The highest BCUT2D eigenvalue weighted by Crippen LogP contribution is 2.27. The third-order valence-electron chi connectivity index (χ3n) is 2.28. The summed E-state index contributed by atoms with van der Waals surface area (Å²) in [4.78, 5) is 3.24. The summed E-state index contributed by atoms with van der Waals surface area (Å²) in [6, 6.07) is 6.07. The quantitative estimate of drug-likeness (QED) is 0.706. The molecule has 2 aromatic rings. The summed E-state index contributed by atoms with van der Waals surface area (Å²) < 4.78 is 0. The first kappa shape index (κ1) is 8.64. The van der Waals surface area contributed by atoms with Gasteiger partial charge in [0.05, 0.1) is 0 Å². The molecule has 1 nitrogen and oxygen atoms in total. The highest BCUT2D eigenvalue weighted by atomic mass is 35.5. The standard InChI is InChI=1S/C11H12ClN/c1-7(2)10-6-9(12)5-8-3-4-13-11(8)10/h3-7,13H,1-2H3. The molecule has 0 bridgehead atoms. The molecule has 0 aliphatic carbocycles. The van der Waals surface area contributed by atoms with E-state index in [0.29, 0.717) is 5.92 Å². The SMILES string of the molecule is CC(C)c1cc(Cl)cc2cc[nH]c12. The average molecular weight is 194 g/mol. The van der Waals surface area contributed by atoms with E-state index in [1.54, 1.807) is 0 Å². The zero-order valence-corrected chi connectivity index (χ0v) is 8.52. The molecule has 2 rings (SSSR count). The van der Waals surface area contributed by atoms with Crippen molar-refractivity contribution in [3.63, 3.8) is 0 Å². The van der Waals surface area contributed by atoms with Crippen LogP contribution in [0, 0.1) is 0 Å². The lowest BCUT2D eigenvalue weighted by Gasteiger charge is -2.07. The maximum absolute atomic E-state index is 6.01. The fraction of sp³-hybridized carbons (Fsp3) is 0.273. The number of hydrogen-bond donors (Lipinski definition) is 1. The summed E-state index contributed by atoms with van der Waals surface area (Å²) in [5, 5.41) is 2.01. The minimum absolute atomic E-state index is 0.500. The van der Waals surface area contributed by atoms with E-state index < -0.39 is 0 Å². The molecule has 0 aliphatic heterocycles. The third kappa shape index (κ3) is 1.44. The number of nitrogens with one attached hydrogen (secondary N) is 1. The Kier molecular flexibility index (Phi) is 2.04. The van der Waals surface area contributed by atoms with Crippen LogP contribution in [-0.4, -0.2) is 4.98 Å². The van der Waals surface area contributed by atoms with Gasteiger partial charge in [0.1, 0.15) is 0 Å². The fourth-order valence-electron chi connectivity index (χ4n) is 1.62. The van der Waals surface area contributed by atoms with E-state index in [1.165, 1.54) is 16.5 Å². The maximum atomic E-state index is 6.01. The van der Waals surface area contributed by atoms with Crippen LogP contribution < -0.4 is 0 Å². The number of benzene rings is 1. The van der Waals surface area contributed by atoms with Gasteiger partial charge in [0, 0.05) is 22.1 Å². The van der Waals surface area contributed by atoms with Crippen molar-refractivity contribution in [2.45, 2.75) is 19.8 Å². The van der Waals surface area contributed by atoms with Gasteiger partial charge in [-0.15, -0.1) is 0 Å². The second-order valence-corrected chi connectivity index (χ2v) is 4.03. The Balaban J connectivity index is 2.77. The summed E-state index contributed by atoms with van der Waals surface area (Å²) in [5.74, 6) is 0.500. The molecule has 0 saturated heterocycles. The first-order valence-corrected chi connectivity index (χ1v) is 4.83. The summed E-state index contributed by atoms with van der Waals surface area (Å²) in [7, 11) is 0. The van der Waals surface area contributed by atoms with Gasteiger partial charge in [0.25, 0.3) is 0 Å². The van der Waals surface area contributed by atoms with Gasteiger partial charge in [-0.1, -0.05) is 25.4 Å². The Labute approximate surface area is 82.7 Å². The minimum atomic E-state index is 0.500. The van der Waals surface area contributed by atoms with Crippen molar-refractivity contribution in [3.8, 4) is 0 Å². The summed E-state index contributed by atoms with van der Waals surface area (Å²) in [5.41, 5.74) is 2.49. The minimum Gasteiger partial charge on any atom is -0.361 e. The van der Waals surface area contributed by atoms with Crippen LogP contribution in [0.15, 0.2) is 24.4 Å². The van der Waals surface area contributed by atoms with E-state index in [9.17, 15) is 0 Å². The Morgan fingerprint density at radius 3 is 2.77 bits per heavy atom. The molecule has 13 heavy (non-hydrogen) atoms. The molecule has 0 saturated carbocycles. The molecule has 0 radical (unpaired) electrons. The van der Waals surface area contributed by atoms with Crippen molar-refractivity contribution in [2.75, 3.05) is 0 Å². The molecule has 2 heteroatoms. The Bertz CT molecular complexity index is 429. The molecular formula is C11H12ClN. The van der Waals surface area contributed by atoms with Crippen molar-refractivity contribution < 1.29 is 0 Å². The van der Waals surface area contributed by atoms with Gasteiger partial charge in [-0.2, -0.15) is 0 Å². The van der Waals surface area contributed by atoms with Crippen molar-refractivity contribution in [2.24, 2.45) is 0 Å². The van der Waals surface area contributed by atoms with E-state index in [4.69, 9.17) is 11.6 Å². The average Bonchev–Trinajstić information content (AvgIpc) is 2.49. The van der Waals surface area contributed by atoms with Crippen LogP contribution in [0.4, 0.5) is 0 Å². The van der Waals surface area contributed by atoms with E-state index >= 15 is 0 Å². The van der Waals surface area contributed by atoms with E-state index in [2.05, 4.69) is 18.8 Å². The van der Waals surface area contributed by atoms with E-state index in [-0.39, 0.29) is 0 Å². The van der Waals surface area contributed by atoms with Crippen molar-refractivity contribution in [1.82, 2.24) is 4.98 Å². The molecule has 0 unspecified atom stereocenters. The predicted octanol–water partition coefficient (Wildman–Crippen LogP) is 3.94. The van der Waals surface area contributed by atoms with E-state index in [1.807, 2.05) is 24.4 Å². The van der Waals surface area contributed by atoms with E-state index in [0.717, 1.165) is 5.02 Å². The third-order valence-corrected chi connectivity index (χ3v) is 2.49. The molecule has 0 spiro atoms. The number of H-pyrrole nitrogens is 1. The smallest absolute Gasteiger partial charge is 0.0490 e. The fourth-order valence-corrected chi connectivity index (χ4v) is 1.85. The summed E-state index contributed by atoms with van der Waals surface area (Å²) in [6.07, 6.45) is 1.95. The topological polar surface area (TPSA) is 15.8 Å². The van der Waals surface area contributed by atoms with Crippen molar-refractivity contribution in [3.05, 3.63) is 35.0 Å². The lowest BCUT2D eigenvalue weighted by molar-refractivity contribution is 0.873. The van der Waals surface area contributed by atoms with Crippen LogP contribution >= 0.6 is 11.6 Å². The lowest BCUT2D eigenvalue weighted by atomic mass is 10.0. The number of hydrogen-bond acceptors (Lipinski definition) is 0. The number of halogens is 1. The number of aromatic amines is 1. The second kappa shape index (κ2) is 3.08. The molecule has 0 fully saturated rings. The molecule has 0 atom stereocenters. The summed E-state index contributed by atoms with van der Waals surface area (Å²) >= 11 is 6.01. The van der Waals surface area contributed by atoms with Gasteiger partial charge in [0.15, 0.2) is 0 Å². The van der Waals surface area contributed by atoms with Gasteiger partial charge >= 0.3 is 0 Å². The molecular weight excluding hydrogens is 182 g/mol. The van der Waals surface area contributed by atoms with Gasteiger partial charge in [-0.25, -0.2) is 0 Å². The van der Waals surface area contributed by atoms with Gasteiger partial charge in [-0.05, 0) is 29.7 Å². The zero-order valence-electron chi connectivity index (χ0n) is 7.76. The monoisotopic (exact) mass is 193 g/mol. The molecule has 1 N–H and O–H groups in total.